The number of anilines is 1. The fourth-order valence-electron chi connectivity index (χ4n) is 2.49. The Kier molecular flexibility index (Phi) is 5.39. The Bertz CT molecular complexity index is 608. The van der Waals surface area contributed by atoms with Crippen LogP contribution in [-0.2, 0) is 19.4 Å². The van der Waals surface area contributed by atoms with Crippen molar-refractivity contribution in [2.45, 2.75) is 39.3 Å². The normalized spacial score (nSPS) is 12.6. The minimum atomic E-state index is -0.0470. The van der Waals surface area contributed by atoms with E-state index in [9.17, 15) is 0 Å². The fourth-order valence-corrected chi connectivity index (χ4v) is 3.22. The van der Waals surface area contributed by atoms with Crippen molar-refractivity contribution in [1.82, 2.24) is 15.2 Å². The molecule has 0 aliphatic carbocycles. The van der Waals surface area contributed by atoms with Gasteiger partial charge in [-0.15, -0.1) is 0 Å². The summed E-state index contributed by atoms with van der Waals surface area (Å²) >= 11 is 3.67. The lowest BCUT2D eigenvalue weighted by Gasteiger charge is -2.19. The second kappa shape index (κ2) is 7.06. The maximum atomic E-state index is 6.06. The van der Waals surface area contributed by atoms with Crippen LogP contribution in [-0.4, -0.2) is 9.78 Å². The predicted molar refractivity (Wildman–Crippen MR) is 89.6 cm³/mol. The van der Waals surface area contributed by atoms with Gasteiger partial charge in [-0.05, 0) is 40.9 Å². The molecular weight excluding hydrogens is 330 g/mol. The average Bonchev–Trinajstić information content (AvgIpc) is 2.81. The summed E-state index contributed by atoms with van der Waals surface area (Å²) < 4.78 is 3.09. The Balaban J connectivity index is 2.35. The molecular formula is C15H22BrN5. The van der Waals surface area contributed by atoms with Crippen LogP contribution in [0, 0.1) is 0 Å². The molecule has 2 aromatic rings. The molecule has 0 fully saturated rings. The van der Waals surface area contributed by atoms with Gasteiger partial charge in [-0.3, -0.25) is 16.0 Å². The number of rotatable bonds is 6. The predicted octanol–water partition coefficient (Wildman–Crippen LogP) is 2.56. The van der Waals surface area contributed by atoms with Crippen molar-refractivity contribution in [1.29, 1.82) is 0 Å². The fraction of sp³-hybridized carbons (Fsp3) is 0.400. The summed E-state index contributed by atoms with van der Waals surface area (Å²) in [5.41, 5.74) is 12.9. The quantitative estimate of drug-likeness (QED) is 0.424. The van der Waals surface area contributed by atoms with Gasteiger partial charge in [-0.1, -0.05) is 25.1 Å². The molecule has 1 aromatic carbocycles. The monoisotopic (exact) mass is 351 g/mol. The maximum absolute atomic E-state index is 6.06. The molecule has 0 saturated carbocycles. The molecule has 0 bridgehead atoms. The minimum Gasteiger partial charge on any atom is -0.398 e. The third-order valence-corrected chi connectivity index (χ3v) is 4.58. The molecule has 1 atom stereocenters. The summed E-state index contributed by atoms with van der Waals surface area (Å²) in [6.45, 7) is 5.02. The number of aryl methyl sites for hydroxylation is 2. The van der Waals surface area contributed by atoms with Gasteiger partial charge in [0.15, 0.2) is 0 Å². The molecule has 0 spiro atoms. The first-order valence-electron chi connectivity index (χ1n) is 7.16. The maximum Gasteiger partial charge on any atom is 0.0766 e. The van der Waals surface area contributed by atoms with Crippen molar-refractivity contribution >= 4 is 21.6 Å². The number of nitrogens with two attached hydrogens (primary N) is 2. The first kappa shape index (κ1) is 16.0. The molecule has 6 heteroatoms. The molecule has 114 valence electrons. The molecule has 5 N–H and O–H groups in total. The third-order valence-electron chi connectivity index (χ3n) is 3.66. The largest absolute Gasteiger partial charge is 0.398 e. The summed E-state index contributed by atoms with van der Waals surface area (Å²) in [7, 11) is 0. The van der Waals surface area contributed by atoms with E-state index in [1.54, 1.807) is 0 Å². The van der Waals surface area contributed by atoms with E-state index in [0.29, 0.717) is 0 Å². The lowest BCUT2D eigenvalue weighted by atomic mass is 10.0. The van der Waals surface area contributed by atoms with Gasteiger partial charge in [-0.25, -0.2) is 0 Å². The summed E-state index contributed by atoms with van der Waals surface area (Å²) in [5, 5.41) is 4.62. The van der Waals surface area contributed by atoms with Crippen LogP contribution in [0.1, 0.15) is 36.8 Å². The van der Waals surface area contributed by atoms with Crippen molar-refractivity contribution in [2.75, 3.05) is 5.73 Å². The van der Waals surface area contributed by atoms with Crippen LogP contribution in [0.3, 0.4) is 0 Å². The summed E-state index contributed by atoms with van der Waals surface area (Å²) in [4.78, 5) is 0. The number of hydrogen-bond acceptors (Lipinski definition) is 4. The third kappa shape index (κ3) is 3.28. The smallest absolute Gasteiger partial charge is 0.0766 e. The molecule has 0 radical (unpaired) electrons. The first-order valence-corrected chi connectivity index (χ1v) is 7.96. The van der Waals surface area contributed by atoms with E-state index in [0.717, 1.165) is 46.5 Å². The van der Waals surface area contributed by atoms with E-state index >= 15 is 0 Å². The van der Waals surface area contributed by atoms with Gasteiger partial charge in [-0.2, -0.15) is 5.10 Å². The number of hydrogen-bond donors (Lipinski definition) is 3. The highest BCUT2D eigenvalue weighted by molar-refractivity contribution is 9.10. The van der Waals surface area contributed by atoms with Crippen molar-refractivity contribution in [3.63, 3.8) is 0 Å². The van der Waals surface area contributed by atoms with Crippen LogP contribution in [0.2, 0.25) is 0 Å². The molecule has 0 aliphatic rings. The molecule has 1 aromatic heterocycles. The van der Waals surface area contributed by atoms with E-state index in [1.807, 2.05) is 28.9 Å². The van der Waals surface area contributed by atoms with Crippen LogP contribution in [0.25, 0.3) is 0 Å². The Morgan fingerprint density at radius 2 is 2.05 bits per heavy atom. The van der Waals surface area contributed by atoms with Crippen LogP contribution in [0.5, 0.6) is 0 Å². The van der Waals surface area contributed by atoms with Crippen LogP contribution in [0.4, 0.5) is 5.69 Å². The number of aromatic nitrogens is 2. The van der Waals surface area contributed by atoms with Crippen molar-refractivity contribution in [3.8, 4) is 0 Å². The van der Waals surface area contributed by atoms with E-state index in [4.69, 9.17) is 11.6 Å². The van der Waals surface area contributed by atoms with Gasteiger partial charge in [0.25, 0.3) is 0 Å². The number of hydrazine groups is 1. The number of halogens is 1. The molecule has 1 heterocycles. The van der Waals surface area contributed by atoms with Crippen molar-refractivity contribution in [2.24, 2.45) is 5.84 Å². The van der Waals surface area contributed by atoms with Crippen molar-refractivity contribution < 1.29 is 0 Å². The van der Waals surface area contributed by atoms with Crippen LogP contribution < -0.4 is 17.0 Å². The molecule has 21 heavy (non-hydrogen) atoms. The number of nitrogens with one attached hydrogen (secondary N) is 1. The second-order valence-corrected chi connectivity index (χ2v) is 5.72. The van der Waals surface area contributed by atoms with Crippen LogP contribution >= 0.6 is 15.9 Å². The highest BCUT2D eigenvalue weighted by Crippen LogP contribution is 2.29. The zero-order valence-electron chi connectivity index (χ0n) is 12.4. The highest BCUT2D eigenvalue weighted by Gasteiger charge is 2.20. The highest BCUT2D eigenvalue weighted by atomic mass is 79.9. The minimum absolute atomic E-state index is 0.0470. The SMILES string of the molecule is CCc1nn(CC)c(CC(NN)c2ccccc2N)c1Br. The Hall–Kier alpha value is -1.37. The second-order valence-electron chi connectivity index (χ2n) is 4.93. The first-order chi connectivity index (χ1) is 10.1. The lowest BCUT2D eigenvalue weighted by Crippen LogP contribution is -2.31. The Morgan fingerprint density at radius 3 is 2.62 bits per heavy atom. The van der Waals surface area contributed by atoms with Gasteiger partial charge in [0, 0.05) is 18.7 Å². The Labute approximate surface area is 133 Å². The lowest BCUT2D eigenvalue weighted by molar-refractivity contribution is 0.517. The average molecular weight is 352 g/mol. The topological polar surface area (TPSA) is 81.9 Å². The zero-order chi connectivity index (χ0) is 15.4. The number of para-hydroxylation sites is 1. The molecule has 0 saturated heterocycles. The number of nitrogen functional groups attached to an aromatic ring is 1. The number of nitrogens with zero attached hydrogens (tertiary/aromatic N) is 2. The van der Waals surface area contributed by atoms with Gasteiger partial charge >= 0.3 is 0 Å². The summed E-state index contributed by atoms with van der Waals surface area (Å²) in [6.07, 6.45) is 1.63. The van der Waals surface area contributed by atoms with Crippen molar-refractivity contribution in [3.05, 3.63) is 45.7 Å². The van der Waals surface area contributed by atoms with E-state index in [1.165, 1.54) is 0 Å². The zero-order valence-corrected chi connectivity index (χ0v) is 14.0. The van der Waals surface area contributed by atoms with E-state index in [-0.39, 0.29) is 6.04 Å². The Morgan fingerprint density at radius 1 is 1.33 bits per heavy atom. The number of benzene rings is 1. The van der Waals surface area contributed by atoms with Gasteiger partial charge in [0.05, 0.1) is 21.9 Å². The summed E-state index contributed by atoms with van der Waals surface area (Å²) in [6, 6.07) is 7.74. The molecule has 1 unspecified atom stereocenters. The van der Waals surface area contributed by atoms with E-state index in [2.05, 4.69) is 40.3 Å². The molecule has 5 nitrogen and oxygen atoms in total. The summed E-state index contributed by atoms with van der Waals surface area (Å²) in [5.74, 6) is 5.75. The van der Waals surface area contributed by atoms with E-state index < -0.39 is 0 Å². The van der Waals surface area contributed by atoms with Gasteiger partial charge in [0.1, 0.15) is 0 Å². The standard InChI is InChI=1S/C15H22BrN5/c1-3-12-15(16)14(21(4-2)20-12)9-13(19-18)10-7-5-6-8-11(10)17/h5-8,13,19H,3-4,9,17-18H2,1-2H3. The van der Waals surface area contributed by atoms with Gasteiger partial charge < -0.3 is 5.73 Å². The van der Waals surface area contributed by atoms with Gasteiger partial charge in [0.2, 0.25) is 0 Å². The molecule has 2 rings (SSSR count). The van der Waals surface area contributed by atoms with Crippen LogP contribution in [0.15, 0.2) is 28.7 Å². The molecule has 0 amide bonds. The molecule has 0 aliphatic heterocycles.